The Kier molecular flexibility index (Phi) is 4.36. The lowest BCUT2D eigenvalue weighted by Gasteiger charge is -2.14. The van der Waals surface area contributed by atoms with Crippen LogP contribution in [0.2, 0.25) is 5.02 Å². The number of halogens is 1. The molecule has 2 N–H and O–H groups in total. The Bertz CT molecular complexity index is 625. The van der Waals surface area contributed by atoms with Gasteiger partial charge in [-0.15, -0.1) is 0 Å². The predicted octanol–water partition coefficient (Wildman–Crippen LogP) is 1.61. The fourth-order valence-electron chi connectivity index (χ4n) is 1.64. The Morgan fingerprint density at radius 3 is 2.84 bits per heavy atom. The molecule has 0 atom stereocenters. The molecule has 0 radical (unpaired) electrons. The molecule has 1 heterocycles. The molecule has 2 rings (SSSR count). The summed E-state index contributed by atoms with van der Waals surface area (Å²) in [5.41, 5.74) is 0.323. The summed E-state index contributed by atoms with van der Waals surface area (Å²) < 4.78 is 10.1. The number of rotatable bonds is 5. The number of methoxy groups -OCH3 is 2. The van der Waals surface area contributed by atoms with Gasteiger partial charge in [-0.05, 0) is 18.2 Å². The van der Waals surface area contributed by atoms with E-state index in [0.29, 0.717) is 28.4 Å². The highest BCUT2D eigenvalue weighted by molar-refractivity contribution is 6.31. The maximum Gasteiger partial charge on any atom is 0.260 e. The molecule has 0 fully saturated rings. The van der Waals surface area contributed by atoms with Crippen molar-refractivity contribution in [3.8, 4) is 0 Å². The van der Waals surface area contributed by atoms with Crippen molar-refractivity contribution in [2.75, 3.05) is 26.1 Å². The van der Waals surface area contributed by atoms with Gasteiger partial charge in [0.25, 0.3) is 5.56 Å². The maximum absolute atomic E-state index is 11.9. The van der Waals surface area contributed by atoms with Gasteiger partial charge in [-0.3, -0.25) is 9.78 Å². The van der Waals surface area contributed by atoms with E-state index in [0.717, 1.165) is 0 Å². The number of aromatic nitrogens is 2. The first kappa shape index (κ1) is 13.8. The van der Waals surface area contributed by atoms with E-state index in [-0.39, 0.29) is 5.56 Å². The average molecular weight is 284 g/mol. The van der Waals surface area contributed by atoms with Crippen LogP contribution in [0.4, 0.5) is 5.95 Å². The molecular formula is C12H14ClN3O3. The van der Waals surface area contributed by atoms with Crippen LogP contribution in [0.25, 0.3) is 10.9 Å². The second-order valence-electron chi connectivity index (χ2n) is 3.86. The molecule has 0 aliphatic heterocycles. The molecule has 0 spiro atoms. The van der Waals surface area contributed by atoms with Gasteiger partial charge in [0.2, 0.25) is 5.95 Å². The van der Waals surface area contributed by atoms with Crippen molar-refractivity contribution in [3.05, 3.63) is 33.6 Å². The molecule has 19 heavy (non-hydrogen) atoms. The first-order valence-corrected chi connectivity index (χ1v) is 6.01. The first-order chi connectivity index (χ1) is 9.13. The van der Waals surface area contributed by atoms with Gasteiger partial charge in [-0.2, -0.15) is 0 Å². The minimum atomic E-state index is -0.411. The van der Waals surface area contributed by atoms with Crippen LogP contribution in [0.5, 0.6) is 0 Å². The minimum absolute atomic E-state index is 0.249. The second-order valence-corrected chi connectivity index (χ2v) is 4.29. The van der Waals surface area contributed by atoms with Crippen molar-refractivity contribution >= 4 is 28.5 Å². The van der Waals surface area contributed by atoms with E-state index in [1.54, 1.807) is 18.2 Å². The normalized spacial score (nSPS) is 11.2. The number of hydrogen-bond donors (Lipinski definition) is 2. The highest BCUT2D eigenvalue weighted by Crippen LogP contribution is 2.15. The van der Waals surface area contributed by atoms with Crippen LogP contribution >= 0.6 is 11.6 Å². The fraction of sp³-hybridized carbons (Fsp3) is 0.333. The highest BCUT2D eigenvalue weighted by atomic mass is 35.5. The topological polar surface area (TPSA) is 76.2 Å². The second kappa shape index (κ2) is 6.01. The molecule has 0 saturated carbocycles. The van der Waals surface area contributed by atoms with Gasteiger partial charge in [-0.1, -0.05) is 11.6 Å². The predicted molar refractivity (Wildman–Crippen MR) is 73.7 cm³/mol. The Balaban J connectivity index is 2.26. The van der Waals surface area contributed by atoms with Crippen LogP contribution in [0.3, 0.4) is 0 Å². The number of H-pyrrole nitrogens is 1. The molecule has 0 unspecified atom stereocenters. The zero-order valence-corrected chi connectivity index (χ0v) is 11.3. The van der Waals surface area contributed by atoms with Crippen LogP contribution in [0.15, 0.2) is 23.0 Å². The summed E-state index contributed by atoms with van der Waals surface area (Å²) in [4.78, 5) is 18.8. The molecule has 0 aliphatic carbocycles. The zero-order valence-electron chi connectivity index (χ0n) is 10.6. The largest absolute Gasteiger partial charge is 0.354 e. The lowest BCUT2D eigenvalue weighted by Crippen LogP contribution is -2.25. The molecular weight excluding hydrogens is 270 g/mol. The fourth-order valence-corrected chi connectivity index (χ4v) is 1.81. The van der Waals surface area contributed by atoms with Gasteiger partial charge in [-0.25, -0.2) is 4.98 Å². The summed E-state index contributed by atoms with van der Waals surface area (Å²) in [7, 11) is 3.07. The van der Waals surface area contributed by atoms with Crippen LogP contribution < -0.4 is 10.9 Å². The van der Waals surface area contributed by atoms with Gasteiger partial charge in [0.1, 0.15) is 0 Å². The molecule has 0 aliphatic rings. The monoisotopic (exact) mass is 283 g/mol. The summed E-state index contributed by atoms with van der Waals surface area (Å²) in [6, 6.07) is 4.97. The summed E-state index contributed by atoms with van der Waals surface area (Å²) in [6.45, 7) is 0.370. The van der Waals surface area contributed by atoms with Gasteiger partial charge in [0, 0.05) is 19.2 Å². The smallest absolute Gasteiger partial charge is 0.260 e. The lowest BCUT2D eigenvalue weighted by atomic mass is 10.2. The summed E-state index contributed by atoms with van der Waals surface area (Å²) in [5, 5.41) is 3.90. The Morgan fingerprint density at radius 1 is 1.42 bits per heavy atom. The maximum atomic E-state index is 11.9. The van der Waals surface area contributed by atoms with Crippen molar-refractivity contribution in [1.82, 2.24) is 9.97 Å². The van der Waals surface area contributed by atoms with Gasteiger partial charge in [0.15, 0.2) is 6.29 Å². The minimum Gasteiger partial charge on any atom is -0.354 e. The molecule has 0 saturated heterocycles. The zero-order chi connectivity index (χ0) is 13.8. The van der Waals surface area contributed by atoms with E-state index in [2.05, 4.69) is 15.3 Å². The molecule has 7 heteroatoms. The van der Waals surface area contributed by atoms with Crippen molar-refractivity contribution in [2.45, 2.75) is 6.29 Å². The molecule has 2 aromatic rings. The molecule has 6 nitrogen and oxygen atoms in total. The van der Waals surface area contributed by atoms with Gasteiger partial charge < -0.3 is 14.8 Å². The molecule has 1 aromatic carbocycles. The van der Waals surface area contributed by atoms with Crippen LogP contribution in [0.1, 0.15) is 0 Å². The van der Waals surface area contributed by atoms with E-state index in [4.69, 9.17) is 21.1 Å². The Labute approximate surface area is 114 Å². The Morgan fingerprint density at radius 2 is 2.16 bits per heavy atom. The number of nitrogens with zero attached hydrogens (tertiary/aromatic N) is 1. The number of benzene rings is 1. The molecule has 102 valence electrons. The number of ether oxygens (including phenoxy) is 2. The third kappa shape index (κ3) is 3.23. The van der Waals surface area contributed by atoms with Crippen LogP contribution in [-0.2, 0) is 9.47 Å². The van der Waals surface area contributed by atoms with E-state index >= 15 is 0 Å². The summed E-state index contributed by atoms with van der Waals surface area (Å²) in [5.74, 6) is 0.360. The van der Waals surface area contributed by atoms with Crippen molar-refractivity contribution in [3.63, 3.8) is 0 Å². The highest BCUT2D eigenvalue weighted by Gasteiger charge is 2.07. The van der Waals surface area contributed by atoms with Gasteiger partial charge in [0.05, 0.1) is 17.4 Å². The molecule has 1 aromatic heterocycles. The average Bonchev–Trinajstić information content (AvgIpc) is 2.41. The van der Waals surface area contributed by atoms with Crippen LogP contribution in [-0.4, -0.2) is 37.0 Å². The van der Waals surface area contributed by atoms with E-state index < -0.39 is 6.29 Å². The summed E-state index contributed by atoms with van der Waals surface area (Å²) in [6.07, 6.45) is -0.411. The van der Waals surface area contributed by atoms with Crippen LogP contribution in [0, 0.1) is 0 Å². The van der Waals surface area contributed by atoms with E-state index in [1.807, 2.05) is 0 Å². The number of nitrogens with one attached hydrogen (secondary N) is 2. The summed E-state index contributed by atoms with van der Waals surface area (Å²) >= 11 is 5.84. The standard InChI is InChI=1S/C12H14ClN3O3/c1-18-10(19-2)6-14-12-15-9-4-3-7(13)5-8(9)11(17)16-12/h3-5,10H,6H2,1-2H3,(H2,14,15,16,17). The van der Waals surface area contributed by atoms with E-state index in [9.17, 15) is 4.79 Å². The third-order valence-corrected chi connectivity index (χ3v) is 2.86. The molecule has 0 bridgehead atoms. The van der Waals surface area contributed by atoms with Crippen molar-refractivity contribution < 1.29 is 9.47 Å². The number of hydrogen-bond acceptors (Lipinski definition) is 5. The number of anilines is 1. The van der Waals surface area contributed by atoms with Crippen molar-refractivity contribution in [2.24, 2.45) is 0 Å². The van der Waals surface area contributed by atoms with Crippen molar-refractivity contribution in [1.29, 1.82) is 0 Å². The number of aromatic amines is 1. The lowest BCUT2D eigenvalue weighted by molar-refractivity contribution is -0.0914. The van der Waals surface area contributed by atoms with Gasteiger partial charge >= 0.3 is 0 Å². The quantitative estimate of drug-likeness (QED) is 0.815. The Hall–Kier alpha value is -1.63. The third-order valence-electron chi connectivity index (χ3n) is 2.63. The van der Waals surface area contributed by atoms with E-state index in [1.165, 1.54) is 14.2 Å². The number of fused-ring (bicyclic) bond motifs is 1. The first-order valence-electron chi connectivity index (χ1n) is 5.63. The molecule has 0 amide bonds. The SMILES string of the molecule is COC(CNc1nc2ccc(Cl)cc2c(=O)[nH]1)OC.